The van der Waals surface area contributed by atoms with Gasteiger partial charge < -0.3 is 39.9 Å². The summed E-state index contributed by atoms with van der Waals surface area (Å²) < 4.78 is 43.7. The number of nitrogens with zero attached hydrogens (tertiary/aromatic N) is 3. The lowest BCUT2D eigenvalue weighted by Gasteiger charge is -2.25. The summed E-state index contributed by atoms with van der Waals surface area (Å²) in [5.74, 6) is 0.164. The first kappa shape index (κ1) is 29.2. The summed E-state index contributed by atoms with van der Waals surface area (Å²) in [4.78, 5) is 49.4. The maximum Gasteiger partial charge on any atom is 0.487 e. The van der Waals surface area contributed by atoms with E-state index in [1.165, 1.54) is 4.57 Å². The number of nitrogens with one attached hydrogen (secondary N) is 1. The number of ether oxygens (including phenoxy) is 1. The first-order valence-corrected chi connectivity index (χ1v) is 17.1. The molecule has 6 atom stereocenters. The van der Waals surface area contributed by atoms with Crippen molar-refractivity contribution >= 4 is 74.3 Å². The standard InChI is InChI=1S/C12H20N5O12P3S3/c13-12-15-9-6(10(20)16-12)14-4-17(9)11-8(19)7(18)5(27-11)3-26-32(34,35-2-1-33)29-31(24,25)28-30(21,22)23/h4-5,7-8,11,18-19,33H,1-3H2,(H,24,25)(H2,21,22,23)(H3,13,15,16,20)/t5-,7-,8-,11-,32?/m1/s1. The number of aliphatic hydroxyl groups excluding tert-OH is 2. The van der Waals surface area contributed by atoms with Gasteiger partial charge in [-0.05, 0) is 17.6 Å². The van der Waals surface area contributed by atoms with E-state index in [1.54, 1.807) is 0 Å². The third kappa shape index (κ3) is 7.34. The Bertz CT molecular complexity index is 1270. The van der Waals surface area contributed by atoms with E-state index in [9.17, 15) is 29.0 Å². The summed E-state index contributed by atoms with van der Waals surface area (Å²) >= 11 is 9.88. The molecule has 2 aromatic rings. The van der Waals surface area contributed by atoms with Gasteiger partial charge in [0.25, 0.3) is 11.3 Å². The first-order chi connectivity index (χ1) is 16.1. The number of H-pyrrole nitrogens is 1. The summed E-state index contributed by atoms with van der Waals surface area (Å²) in [6.07, 6.45) is -4.54. The average molecular weight is 615 g/mol. The topological polar surface area (TPSA) is 262 Å². The van der Waals surface area contributed by atoms with Crippen LogP contribution in [0.5, 0.6) is 0 Å². The number of imidazole rings is 1. The van der Waals surface area contributed by atoms with Gasteiger partial charge in [0.15, 0.2) is 17.4 Å². The van der Waals surface area contributed by atoms with Gasteiger partial charge in [0.05, 0.1) is 12.9 Å². The normalized spacial score (nSPS) is 26.6. The van der Waals surface area contributed by atoms with Crippen LogP contribution in [0, 0.1) is 0 Å². The zero-order valence-corrected chi connectivity index (χ0v) is 22.3. The quantitative estimate of drug-likeness (QED) is 0.116. The Morgan fingerprint density at radius 3 is 2.60 bits per heavy atom. The maximum atomic E-state index is 12.0. The van der Waals surface area contributed by atoms with Crippen LogP contribution < -0.4 is 11.3 Å². The monoisotopic (exact) mass is 615 g/mol. The molecular formula is C12H20N5O12P3S3. The van der Waals surface area contributed by atoms with Gasteiger partial charge in [-0.3, -0.25) is 14.3 Å². The summed E-state index contributed by atoms with van der Waals surface area (Å²) in [6.45, 7) is -0.579. The van der Waals surface area contributed by atoms with Crippen molar-refractivity contribution in [3.05, 3.63) is 16.7 Å². The summed E-state index contributed by atoms with van der Waals surface area (Å²) in [5.41, 5.74) is 0.969. The van der Waals surface area contributed by atoms with Crippen LogP contribution in [0.1, 0.15) is 6.23 Å². The molecule has 0 amide bonds. The van der Waals surface area contributed by atoms with Gasteiger partial charge >= 0.3 is 15.6 Å². The minimum atomic E-state index is -5.41. The minimum absolute atomic E-state index is 0.0299. The van der Waals surface area contributed by atoms with Crippen LogP contribution in [0.2, 0.25) is 0 Å². The van der Waals surface area contributed by atoms with Crippen LogP contribution in [0.15, 0.2) is 11.1 Å². The van der Waals surface area contributed by atoms with Crippen LogP contribution in [-0.2, 0) is 38.8 Å². The van der Waals surface area contributed by atoms with Gasteiger partial charge in [0.1, 0.15) is 18.3 Å². The number of nitrogens with two attached hydrogens (primary N) is 1. The number of rotatable bonds is 11. The van der Waals surface area contributed by atoms with E-state index in [2.05, 4.69) is 31.9 Å². The largest absolute Gasteiger partial charge is 0.487 e. The molecule has 198 valence electrons. The predicted molar refractivity (Wildman–Crippen MR) is 129 cm³/mol. The molecule has 1 saturated heterocycles. The van der Waals surface area contributed by atoms with E-state index >= 15 is 0 Å². The van der Waals surface area contributed by atoms with Crippen molar-refractivity contribution in [3.8, 4) is 0 Å². The highest BCUT2D eigenvalue weighted by Gasteiger charge is 2.46. The van der Waals surface area contributed by atoms with Gasteiger partial charge in [0.2, 0.25) is 5.95 Å². The molecule has 0 spiro atoms. The molecule has 3 rings (SSSR count). The van der Waals surface area contributed by atoms with Gasteiger partial charge in [-0.15, -0.1) is 0 Å². The fraction of sp³-hybridized carbons (Fsp3) is 0.583. The van der Waals surface area contributed by atoms with E-state index < -0.39 is 58.0 Å². The van der Waals surface area contributed by atoms with Crippen molar-refractivity contribution in [2.24, 2.45) is 0 Å². The Kier molecular flexibility index (Phi) is 9.29. The zero-order valence-electron chi connectivity index (χ0n) is 17.1. The predicted octanol–water partition coefficient (Wildman–Crippen LogP) is -0.549. The van der Waals surface area contributed by atoms with E-state index in [-0.39, 0.29) is 28.6 Å². The van der Waals surface area contributed by atoms with Gasteiger partial charge in [-0.2, -0.15) is 21.9 Å². The second-order valence-electron chi connectivity index (χ2n) is 6.74. The smallest absolute Gasteiger partial charge is 0.387 e. The Morgan fingerprint density at radius 2 is 1.97 bits per heavy atom. The van der Waals surface area contributed by atoms with Crippen molar-refractivity contribution in [2.45, 2.75) is 24.5 Å². The molecule has 23 heteroatoms. The second-order valence-corrected chi connectivity index (χ2v) is 16.6. The number of anilines is 1. The summed E-state index contributed by atoms with van der Waals surface area (Å²) in [6, 6.07) is 0. The number of phosphoric acid groups is 2. The maximum absolute atomic E-state index is 12.0. The average Bonchev–Trinajstić information content (AvgIpc) is 3.24. The summed E-state index contributed by atoms with van der Waals surface area (Å²) in [5, 5.41) is 21.0. The molecule has 0 saturated carbocycles. The number of aliphatic hydroxyl groups is 2. The number of hydrogen-bond donors (Lipinski definition) is 8. The van der Waals surface area contributed by atoms with E-state index in [1.807, 2.05) is 0 Å². The van der Waals surface area contributed by atoms with Crippen molar-refractivity contribution in [3.63, 3.8) is 0 Å². The number of thiol groups is 1. The zero-order chi connectivity index (χ0) is 26.2. The SMILES string of the molecule is Nc1nc2c(ncn2[C@@H]2O[C@H](COP(=S)(OP(=O)(O)OP(=O)(O)O)SCCS)[C@@H](O)[C@H]2O)c(=O)[nH]1. The molecule has 0 aliphatic carbocycles. The molecule has 1 fully saturated rings. The van der Waals surface area contributed by atoms with Crippen molar-refractivity contribution < 1.29 is 51.9 Å². The number of nitrogen functional groups attached to an aromatic ring is 1. The number of fused-ring (bicyclic) bond motifs is 1. The number of aromatic nitrogens is 4. The molecular weight excluding hydrogens is 595 g/mol. The van der Waals surface area contributed by atoms with Crippen LogP contribution in [0.25, 0.3) is 11.2 Å². The Hall–Kier alpha value is -0.400. The molecule has 8 N–H and O–H groups in total. The molecule has 0 aromatic carbocycles. The molecule has 1 aliphatic rings. The van der Waals surface area contributed by atoms with Crippen LogP contribution in [0.4, 0.5) is 5.95 Å². The van der Waals surface area contributed by atoms with Crippen LogP contribution in [-0.4, -0.2) is 80.8 Å². The fourth-order valence-corrected chi connectivity index (χ4v) is 11.3. The van der Waals surface area contributed by atoms with Crippen molar-refractivity contribution in [2.75, 3.05) is 23.8 Å². The summed E-state index contributed by atoms with van der Waals surface area (Å²) in [7, 11) is -10.8. The lowest BCUT2D eigenvalue weighted by molar-refractivity contribution is -0.0469. The molecule has 17 nitrogen and oxygen atoms in total. The third-order valence-corrected chi connectivity index (χ3v) is 13.5. The second kappa shape index (κ2) is 11.1. The molecule has 0 bridgehead atoms. The fourth-order valence-electron chi connectivity index (χ4n) is 2.90. The highest BCUT2D eigenvalue weighted by Crippen LogP contribution is 2.73. The molecule has 3 heterocycles. The van der Waals surface area contributed by atoms with Gasteiger partial charge in [0, 0.05) is 5.75 Å². The van der Waals surface area contributed by atoms with Gasteiger partial charge in [-0.1, -0.05) is 11.4 Å². The Balaban J connectivity index is 1.78. The van der Waals surface area contributed by atoms with Gasteiger partial charge in [-0.25, -0.2) is 18.4 Å². The van der Waals surface area contributed by atoms with Crippen LogP contribution >= 0.6 is 45.3 Å². The van der Waals surface area contributed by atoms with Crippen LogP contribution in [0.3, 0.4) is 0 Å². The Labute approximate surface area is 210 Å². The molecule has 35 heavy (non-hydrogen) atoms. The molecule has 2 aromatic heterocycles. The van der Waals surface area contributed by atoms with Crippen molar-refractivity contribution in [1.29, 1.82) is 0 Å². The number of aromatic amines is 1. The lowest BCUT2D eigenvalue weighted by Crippen LogP contribution is -2.33. The first-order valence-electron chi connectivity index (χ1n) is 9.19. The molecule has 0 radical (unpaired) electrons. The highest BCUT2D eigenvalue weighted by atomic mass is 32.9. The number of hydrogen-bond acceptors (Lipinski definition) is 15. The third-order valence-electron chi connectivity index (χ3n) is 4.21. The Morgan fingerprint density at radius 1 is 1.29 bits per heavy atom. The highest BCUT2D eigenvalue weighted by molar-refractivity contribution is 8.68. The minimum Gasteiger partial charge on any atom is -0.387 e. The van der Waals surface area contributed by atoms with E-state index in [0.717, 1.165) is 17.7 Å². The lowest BCUT2D eigenvalue weighted by atomic mass is 10.1. The molecule has 2 unspecified atom stereocenters. The van der Waals surface area contributed by atoms with Crippen molar-refractivity contribution in [1.82, 2.24) is 19.5 Å². The molecule has 1 aliphatic heterocycles. The van der Waals surface area contributed by atoms with E-state index in [4.69, 9.17) is 40.9 Å². The van der Waals surface area contributed by atoms with E-state index in [0.29, 0.717) is 0 Å².